The molecular weight excluding hydrogens is 326 g/mol. The van der Waals surface area contributed by atoms with E-state index in [2.05, 4.69) is 5.32 Å². The Labute approximate surface area is 145 Å². The number of halogens is 2. The zero-order chi connectivity index (χ0) is 17.7. The third-order valence-corrected chi connectivity index (χ3v) is 6.19. The van der Waals surface area contributed by atoms with Crippen molar-refractivity contribution >= 4 is 11.8 Å². The number of carbonyl (C=O) groups excluding carboxylic acids is 2. The molecule has 6 heteroatoms. The van der Waals surface area contributed by atoms with Crippen LogP contribution in [0.15, 0.2) is 30.3 Å². The molecule has 1 spiro atoms. The highest BCUT2D eigenvalue weighted by Gasteiger charge is 2.54. The first-order valence-electron chi connectivity index (χ1n) is 8.91. The van der Waals surface area contributed by atoms with Gasteiger partial charge >= 0.3 is 0 Å². The number of hydrogen-bond acceptors (Lipinski definition) is 2. The van der Waals surface area contributed by atoms with Gasteiger partial charge in [-0.2, -0.15) is 0 Å². The van der Waals surface area contributed by atoms with Crippen LogP contribution >= 0.6 is 0 Å². The van der Waals surface area contributed by atoms with E-state index in [0.717, 1.165) is 5.56 Å². The third kappa shape index (κ3) is 2.71. The normalized spacial score (nSPS) is 27.8. The molecule has 1 atom stereocenters. The lowest BCUT2D eigenvalue weighted by molar-refractivity contribution is -0.162. The highest BCUT2D eigenvalue weighted by atomic mass is 19.3. The first-order chi connectivity index (χ1) is 11.9. The van der Waals surface area contributed by atoms with E-state index in [0.29, 0.717) is 32.5 Å². The SMILES string of the molecule is O=C(C1CC(F)(F)C1)N1CCC2(CC1)C(=O)NCC2c1ccccc1. The Bertz CT molecular complexity index is 676. The maximum Gasteiger partial charge on any atom is 0.249 e. The molecule has 4 rings (SSSR count). The number of likely N-dealkylation sites (tertiary alicyclic amines) is 1. The Morgan fingerprint density at radius 1 is 1.12 bits per heavy atom. The van der Waals surface area contributed by atoms with Gasteiger partial charge in [0.25, 0.3) is 0 Å². The largest absolute Gasteiger partial charge is 0.355 e. The summed E-state index contributed by atoms with van der Waals surface area (Å²) in [5.41, 5.74) is 0.654. The molecule has 2 amide bonds. The molecule has 2 saturated heterocycles. The molecule has 2 aliphatic heterocycles. The molecule has 1 unspecified atom stereocenters. The molecule has 1 saturated carbocycles. The van der Waals surface area contributed by atoms with E-state index in [9.17, 15) is 18.4 Å². The van der Waals surface area contributed by atoms with Crippen LogP contribution in [0.2, 0.25) is 0 Å². The molecule has 0 bridgehead atoms. The van der Waals surface area contributed by atoms with Gasteiger partial charge in [0, 0.05) is 44.3 Å². The van der Waals surface area contributed by atoms with Crippen molar-refractivity contribution in [2.24, 2.45) is 11.3 Å². The molecule has 1 aromatic carbocycles. The zero-order valence-corrected chi connectivity index (χ0v) is 14.0. The molecule has 2 heterocycles. The van der Waals surface area contributed by atoms with E-state index >= 15 is 0 Å². The van der Waals surface area contributed by atoms with Crippen LogP contribution in [0.3, 0.4) is 0 Å². The number of rotatable bonds is 2. The Hall–Kier alpha value is -1.98. The van der Waals surface area contributed by atoms with Gasteiger partial charge in [-0.05, 0) is 18.4 Å². The Kier molecular flexibility index (Phi) is 3.81. The fourth-order valence-corrected chi connectivity index (χ4v) is 4.64. The predicted octanol–water partition coefficient (Wildman–Crippen LogP) is 2.55. The van der Waals surface area contributed by atoms with Crippen molar-refractivity contribution in [1.82, 2.24) is 10.2 Å². The smallest absolute Gasteiger partial charge is 0.249 e. The van der Waals surface area contributed by atoms with Gasteiger partial charge < -0.3 is 10.2 Å². The lowest BCUT2D eigenvalue weighted by atomic mass is 9.67. The number of nitrogens with one attached hydrogen (secondary N) is 1. The number of nitrogens with zero attached hydrogens (tertiary/aromatic N) is 1. The lowest BCUT2D eigenvalue weighted by Gasteiger charge is -2.44. The fourth-order valence-electron chi connectivity index (χ4n) is 4.64. The minimum Gasteiger partial charge on any atom is -0.355 e. The number of piperidine rings is 1. The van der Waals surface area contributed by atoms with Gasteiger partial charge in [0.2, 0.25) is 17.7 Å². The monoisotopic (exact) mass is 348 g/mol. The maximum atomic E-state index is 13.0. The second-order valence-electron chi connectivity index (χ2n) is 7.62. The summed E-state index contributed by atoms with van der Waals surface area (Å²) in [6.07, 6.45) is 0.516. The van der Waals surface area contributed by atoms with Gasteiger partial charge in [-0.3, -0.25) is 9.59 Å². The Morgan fingerprint density at radius 3 is 2.36 bits per heavy atom. The summed E-state index contributed by atoms with van der Waals surface area (Å²) >= 11 is 0. The predicted molar refractivity (Wildman–Crippen MR) is 88.1 cm³/mol. The Balaban J connectivity index is 1.46. The van der Waals surface area contributed by atoms with Gasteiger partial charge in [0.1, 0.15) is 0 Å². The average molecular weight is 348 g/mol. The van der Waals surface area contributed by atoms with Crippen LogP contribution in [0, 0.1) is 11.3 Å². The van der Waals surface area contributed by atoms with Gasteiger partial charge in [-0.15, -0.1) is 0 Å². The molecular formula is C19H22F2N2O2. The summed E-state index contributed by atoms with van der Waals surface area (Å²) < 4.78 is 26.0. The first-order valence-corrected chi connectivity index (χ1v) is 8.91. The van der Waals surface area contributed by atoms with E-state index in [1.807, 2.05) is 30.3 Å². The second-order valence-corrected chi connectivity index (χ2v) is 7.62. The van der Waals surface area contributed by atoms with Gasteiger partial charge in [0.15, 0.2) is 0 Å². The van der Waals surface area contributed by atoms with Crippen molar-refractivity contribution in [3.05, 3.63) is 35.9 Å². The average Bonchev–Trinajstić information content (AvgIpc) is 2.90. The molecule has 0 aromatic heterocycles. The third-order valence-electron chi connectivity index (χ3n) is 6.19. The van der Waals surface area contributed by atoms with Crippen molar-refractivity contribution in [3.63, 3.8) is 0 Å². The summed E-state index contributed by atoms with van der Waals surface area (Å²) in [5.74, 6) is -3.24. The molecule has 0 radical (unpaired) electrons. The summed E-state index contributed by atoms with van der Waals surface area (Å²) in [6.45, 7) is 1.56. The van der Waals surface area contributed by atoms with E-state index in [1.54, 1.807) is 4.90 Å². The van der Waals surface area contributed by atoms with Crippen LogP contribution in [0.5, 0.6) is 0 Å². The summed E-state index contributed by atoms with van der Waals surface area (Å²) in [5, 5.41) is 2.99. The molecule has 3 fully saturated rings. The van der Waals surface area contributed by atoms with Crippen molar-refractivity contribution in [3.8, 4) is 0 Å². The van der Waals surface area contributed by atoms with Crippen LogP contribution in [-0.4, -0.2) is 42.3 Å². The van der Waals surface area contributed by atoms with E-state index in [4.69, 9.17) is 0 Å². The van der Waals surface area contributed by atoms with Crippen LogP contribution in [0.4, 0.5) is 8.78 Å². The van der Waals surface area contributed by atoms with E-state index in [1.165, 1.54) is 0 Å². The van der Waals surface area contributed by atoms with E-state index in [-0.39, 0.29) is 30.6 Å². The fraction of sp³-hybridized carbons (Fsp3) is 0.579. The minimum atomic E-state index is -2.68. The van der Waals surface area contributed by atoms with E-state index < -0.39 is 17.3 Å². The quantitative estimate of drug-likeness (QED) is 0.893. The van der Waals surface area contributed by atoms with Crippen LogP contribution in [0.25, 0.3) is 0 Å². The first kappa shape index (κ1) is 16.5. The second kappa shape index (κ2) is 5.78. The molecule has 3 aliphatic rings. The maximum absolute atomic E-state index is 13.0. The number of alkyl halides is 2. The zero-order valence-electron chi connectivity index (χ0n) is 14.0. The van der Waals surface area contributed by atoms with Crippen molar-refractivity contribution < 1.29 is 18.4 Å². The highest BCUT2D eigenvalue weighted by Crippen LogP contribution is 2.49. The lowest BCUT2D eigenvalue weighted by Crippen LogP contribution is -2.52. The van der Waals surface area contributed by atoms with Gasteiger partial charge in [-0.25, -0.2) is 8.78 Å². The summed E-state index contributed by atoms with van der Waals surface area (Å²) in [6, 6.07) is 9.99. The number of benzene rings is 1. The summed E-state index contributed by atoms with van der Waals surface area (Å²) in [4.78, 5) is 26.7. The van der Waals surface area contributed by atoms with Crippen LogP contribution in [-0.2, 0) is 9.59 Å². The molecule has 1 aromatic rings. The Morgan fingerprint density at radius 2 is 1.76 bits per heavy atom. The highest BCUT2D eigenvalue weighted by molar-refractivity contribution is 5.87. The summed E-state index contributed by atoms with van der Waals surface area (Å²) in [7, 11) is 0. The van der Waals surface area contributed by atoms with Gasteiger partial charge in [-0.1, -0.05) is 30.3 Å². The molecule has 1 N–H and O–H groups in total. The number of amides is 2. The van der Waals surface area contributed by atoms with Crippen molar-refractivity contribution in [1.29, 1.82) is 0 Å². The standard InChI is InChI=1S/C19H22F2N2O2/c20-19(21)10-14(11-19)16(24)23-8-6-18(7-9-23)15(12-22-17(18)25)13-4-2-1-3-5-13/h1-5,14-15H,6-12H2,(H,22,25). The van der Waals surface area contributed by atoms with Crippen LogP contribution in [0.1, 0.15) is 37.2 Å². The number of hydrogen-bond donors (Lipinski definition) is 1. The minimum absolute atomic E-state index is 0.0589. The number of carbonyl (C=O) groups is 2. The molecule has 25 heavy (non-hydrogen) atoms. The molecule has 4 nitrogen and oxygen atoms in total. The topological polar surface area (TPSA) is 49.4 Å². The molecule has 1 aliphatic carbocycles. The van der Waals surface area contributed by atoms with Crippen molar-refractivity contribution in [2.75, 3.05) is 19.6 Å². The van der Waals surface area contributed by atoms with Crippen molar-refractivity contribution in [2.45, 2.75) is 37.5 Å². The molecule has 134 valence electrons. The van der Waals surface area contributed by atoms with Crippen LogP contribution < -0.4 is 5.32 Å². The van der Waals surface area contributed by atoms with Gasteiger partial charge in [0.05, 0.1) is 5.41 Å².